The summed E-state index contributed by atoms with van der Waals surface area (Å²) in [5.74, 6) is -0.771. The van der Waals surface area contributed by atoms with Gasteiger partial charge in [-0.05, 0) is 73.8 Å². The first-order chi connectivity index (χ1) is 18.1. The maximum atomic E-state index is 12.9. The molecule has 8 heteroatoms. The van der Waals surface area contributed by atoms with Crippen LogP contribution < -0.4 is 0 Å². The molecule has 1 aliphatic carbocycles. The minimum Gasteiger partial charge on any atom is -0.478 e. The number of halogens is 3. The summed E-state index contributed by atoms with van der Waals surface area (Å²) in [6.45, 7) is 0.594. The fourth-order valence-electron chi connectivity index (χ4n) is 5.22. The van der Waals surface area contributed by atoms with E-state index in [1.54, 1.807) is 6.08 Å². The fourth-order valence-corrected chi connectivity index (χ4v) is 5.22. The predicted octanol–water partition coefficient (Wildman–Crippen LogP) is 6.17. The van der Waals surface area contributed by atoms with Gasteiger partial charge < -0.3 is 15.1 Å². The van der Waals surface area contributed by atoms with Gasteiger partial charge in [0.05, 0.1) is 11.7 Å². The number of carbonyl (C=O) groups is 2. The van der Waals surface area contributed by atoms with Gasteiger partial charge in [0.1, 0.15) is 0 Å². The summed E-state index contributed by atoms with van der Waals surface area (Å²) < 4.78 is 38.6. The number of hydrogen-bond acceptors (Lipinski definition) is 3. The topological polar surface area (TPSA) is 77.8 Å². The fraction of sp³-hybridized carbons (Fsp3) is 0.400. The molecular weight excluding hydrogens is 495 g/mol. The third kappa shape index (κ3) is 7.13. The van der Waals surface area contributed by atoms with Crippen LogP contribution in [0.2, 0.25) is 0 Å². The molecule has 1 saturated heterocycles. The second-order valence-electron chi connectivity index (χ2n) is 10.1. The Labute approximate surface area is 220 Å². The van der Waals surface area contributed by atoms with Gasteiger partial charge in [0.2, 0.25) is 5.91 Å². The van der Waals surface area contributed by atoms with E-state index in [1.165, 1.54) is 12.1 Å². The Balaban J connectivity index is 1.29. The molecule has 2 aromatic rings. The van der Waals surface area contributed by atoms with Crippen molar-refractivity contribution in [1.29, 1.82) is 0 Å². The molecule has 2 aliphatic rings. The van der Waals surface area contributed by atoms with Crippen molar-refractivity contribution in [2.24, 2.45) is 0 Å². The van der Waals surface area contributed by atoms with Gasteiger partial charge in [-0.3, -0.25) is 4.79 Å². The summed E-state index contributed by atoms with van der Waals surface area (Å²) in [6, 6.07) is 12.6. The molecule has 202 valence electrons. The normalized spacial score (nSPS) is 18.8. The smallest absolute Gasteiger partial charge is 0.416 e. The van der Waals surface area contributed by atoms with E-state index in [1.807, 2.05) is 35.2 Å². The highest BCUT2D eigenvalue weighted by Crippen LogP contribution is 2.31. The second-order valence-corrected chi connectivity index (χ2v) is 10.1. The number of carboxylic acids is 1. The lowest BCUT2D eigenvalue weighted by Crippen LogP contribution is -2.34. The summed E-state index contributed by atoms with van der Waals surface area (Å²) in [6.07, 6.45) is 3.33. The van der Waals surface area contributed by atoms with Crippen molar-refractivity contribution < 1.29 is 33.0 Å². The molecule has 1 fully saturated rings. The molecule has 0 aromatic heterocycles. The van der Waals surface area contributed by atoms with Gasteiger partial charge in [0.15, 0.2) is 0 Å². The number of aliphatic hydroxyl groups is 1. The van der Waals surface area contributed by atoms with Crippen molar-refractivity contribution >= 4 is 11.9 Å². The highest BCUT2D eigenvalue weighted by atomic mass is 19.4. The first kappa shape index (κ1) is 27.6. The van der Waals surface area contributed by atoms with E-state index >= 15 is 0 Å². The molecule has 0 radical (unpaired) electrons. The second kappa shape index (κ2) is 12.0. The highest BCUT2D eigenvalue weighted by Gasteiger charge is 2.31. The number of amides is 1. The van der Waals surface area contributed by atoms with Gasteiger partial charge in [0, 0.05) is 24.6 Å². The van der Waals surface area contributed by atoms with Crippen LogP contribution in [-0.2, 0) is 22.2 Å². The molecule has 1 heterocycles. The third-order valence-corrected chi connectivity index (χ3v) is 7.41. The Morgan fingerprint density at radius 2 is 1.79 bits per heavy atom. The van der Waals surface area contributed by atoms with E-state index in [9.17, 15) is 27.9 Å². The number of alkyl halides is 3. The number of rotatable bonds is 10. The number of likely N-dealkylation sites (tertiary alicyclic amines) is 1. The molecule has 5 nitrogen and oxygen atoms in total. The molecule has 2 atom stereocenters. The number of aliphatic hydroxyl groups excluding tert-OH is 1. The van der Waals surface area contributed by atoms with Gasteiger partial charge in [-0.15, -0.1) is 0 Å². The zero-order chi connectivity index (χ0) is 27.3. The van der Waals surface area contributed by atoms with Crippen LogP contribution in [-0.4, -0.2) is 45.7 Å². The van der Waals surface area contributed by atoms with E-state index < -0.39 is 23.8 Å². The van der Waals surface area contributed by atoms with E-state index in [2.05, 4.69) is 0 Å². The first-order valence-electron chi connectivity index (χ1n) is 13.0. The lowest BCUT2D eigenvalue weighted by Gasteiger charge is -2.26. The molecule has 38 heavy (non-hydrogen) atoms. The van der Waals surface area contributed by atoms with E-state index in [4.69, 9.17) is 5.11 Å². The Morgan fingerprint density at radius 3 is 2.45 bits per heavy atom. The summed E-state index contributed by atoms with van der Waals surface area (Å²) in [4.78, 5) is 25.4. The van der Waals surface area contributed by atoms with Crippen LogP contribution in [0.5, 0.6) is 0 Å². The Kier molecular flexibility index (Phi) is 8.72. The van der Waals surface area contributed by atoms with E-state index in [0.717, 1.165) is 35.3 Å². The van der Waals surface area contributed by atoms with Crippen LogP contribution >= 0.6 is 0 Å². The van der Waals surface area contributed by atoms with E-state index in [0.29, 0.717) is 62.6 Å². The molecule has 2 aromatic carbocycles. The van der Waals surface area contributed by atoms with Crippen molar-refractivity contribution in [2.75, 3.05) is 6.54 Å². The number of allylic oxidation sites excluding steroid dienone is 2. The third-order valence-electron chi connectivity index (χ3n) is 7.41. The average Bonchev–Trinajstić information content (AvgIpc) is 3.25. The van der Waals surface area contributed by atoms with Crippen LogP contribution in [0.3, 0.4) is 0 Å². The predicted molar refractivity (Wildman–Crippen MR) is 138 cm³/mol. The molecule has 1 aliphatic heterocycles. The molecule has 1 unspecified atom stereocenters. The zero-order valence-electron chi connectivity index (χ0n) is 21.1. The number of carbonyl (C=O) groups excluding carboxylic acids is 1. The van der Waals surface area contributed by atoms with Crippen molar-refractivity contribution in [3.63, 3.8) is 0 Å². The monoisotopic (exact) mass is 527 g/mol. The number of benzene rings is 2. The minimum atomic E-state index is -4.37. The summed E-state index contributed by atoms with van der Waals surface area (Å²) in [7, 11) is 0. The Hall–Kier alpha value is -3.39. The quantitative estimate of drug-likeness (QED) is 0.388. The lowest BCUT2D eigenvalue weighted by atomic mass is 9.95. The lowest BCUT2D eigenvalue weighted by molar-refractivity contribution is -0.137. The van der Waals surface area contributed by atoms with Gasteiger partial charge in [-0.25, -0.2) is 4.79 Å². The number of nitrogens with zero attached hydrogens (tertiary/aromatic N) is 1. The summed E-state index contributed by atoms with van der Waals surface area (Å²) >= 11 is 0. The molecule has 2 N–H and O–H groups in total. The number of hydrogen-bond donors (Lipinski definition) is 2. The van der Waals surface area contributed by atoms with Crippen LogP contribution in [0, 0.1) is 0 Å². The maximum Gasteiger partial charge on any atom is 0.416 e. The van der Waals surface area contributed by atoms with Gasteiger partial charge in [-0.1, -0.05) is 54.1 Å². The average molecular weight is 528 g/mol. The minimum absolute atomic E-state index is 0.0740. The van der Waals surface area contributed by atoms with Crippen molar-refractivity contribution in [3.05, 3.63) is 83.0 Å². The van der Waals surface area contributed by atoms with Crippen LogP contribution in [0.25, 0.3) is 11.1 Å². The molecule has 0 spiro atoms. The number of carboxylic acid groups (broad SMARTS) is 1. The van der Waals surface area contributed by atoms with Crippen LogP contribution in [0.15, 0.2) is 71.8 Å². The molecule has 0 bridgehead atoms. The Bertz CT molecular complexity index is 1220. The van der Waals surface area contributed by atoms with Gasteiger partial charge in [0.25, 0.3) is 0 Å². The maximum absolute atomic E-state index is 12.9. The largest absolute Gasteiger partial charge is 0.478 e. The van der Waals surface area contributed by atoms with Crippen molar-refractivity contribution in [3.8, 4) is 11.1 Å². The SMILES string of the molecule is O=C(O)C1=CC=C(CCN2C(=O)CCC2CC[C@@H](O)Cc2cccc(-c3ccc(C(F)(F)F)cc3)c2)CC1. The zero-order valence-corrected chi connectivity index (χ0v) is 21.1. The number of aliphatic carboxylic acids is 1. The summed E-state index contributed by atoms with van der Waals surface area (Å²) in [5.41, 5.74) is 3.22. The standard InChI is InChI=1S/C30H32F3NO4/c31-30(32,33)25-10-8-22(9-11-25)24-3-1-2-21(18-24)19-27(35)14-12-26-13-15-28(36)34(26)17-16-20-4-6-23(7-5-20)29(37)38/h1-4,6,8-11,18,26-27,35H,5,7,12-17,19H2,(H,37,38)/t26?,27-/m1/s1. The van der Waals surface area contributed by atoms with Gasteiger partial charge >= 0.3 is 12.1 Å². The molecule has 1 amide bonds. The van der Waals surface area contributed by atoms with Crippen LogP contribution in [0.4, 0.5) is 13.2 Å². The highest BCUT2D eigenvalue weighted by molar-refractivity contribution is 5.87. The molecular formula is C30H32F3NO4. The van der Waals surface area contributed by atoms with E-state index in [-0.39, 0.29) is 11.9 Å². The van der Waals surface area contributed by atoms with Crippen LogP contribution in [0.1, 0.15) is 56.1 Å². The summed E-state index contributed by atoms with van der Waals surface area (Å²) in [5, 5.41) is 19.8. The first-order valence-corrected chi connectivity index (χ1v) is 13.0. The molecule has 4 rings (SSSR count). The van der Waals surface area contributed by atoms with Crippen molar-refractivity contribution in [2.45, 2.75) is 69.7 Å². The Morgan fingerprint density at radius 1 is 1.03 bits per heavy atom. The molecule has 0 saturated carbocycles. The van der Waals surface area contributed by atoms with Gasteiger partial charge in [-0.2, -0.15) is 13.2 Å². The van der Waals surface area contributed by atoms with Crippen molar-refractivity contribution in [1.82, 2.24) is 4.90 Å².